The van der Waals surface area contributed by atoms with Crippen LogP contribution in [-0.4, -0.2) is 4.57 Å². The van der Waals surface area contributed by atoms with Crippen molar-refractivity contribution in [3.8, 4) is 0 Å². The Hall–Kier alpha value is -1.83. The quantitative estimate of drug-likeness (QED) is 0.691. The van der Waals surface area contributed by atoms with Gasteiger partial charge in [-0.1, -0.05) is 32.1 Å². The highest BCUT2D eigenvalue weighted by molar-refractivity contribution is 5.82. The molecule has 1 aromatic carbocycles. The van der Waals surface area contributed by atoms with Gasteiger partial charge in [-0.2, -0.15) is 0 Å². The van der Waals surface area contributed by atoms with Crippen molar-refractivity contribution < 1.29 is 0 Å². The first-order valence-corrected chi connectivity index (χ1v) is 6.56. The fourth-order valence-electron chi connectivity index (χ4n) is 2.45. The van der Waals surface area contributed by atoms with Crippen molar-refractivity contribution >= 4 is 17.0 Å². The van der Waals surface area contributed by atoms with Crippen LogP contribution in [0.2, 0.25) is 0 Å². The number of fused-ring (bicyclic) bond motifs is 2. The lowest BCUT2D eigenvalue weighted by Crippen LogP contribution is -2.18. The summed E-state index contributed by atoms with van der Waals surface area (Å²) in [7, 11) is 2.02. The summed E-state index contributed by atoms with van der Waals surface area (Å²) >= 11 is 0. The first-order valence-electron chi connectivity index (χ1n) is 6.56. The van der Waals surface area contributed by atoms with E-state index in [1.807, 2.05) is 45.2 Å². The first kappa shape index (κ1) is 12.6. The molecule has 1 aliphatic carbocycles. The minimum atomic E-state index is 0.202. The summed E-state index contributed by atoms with van der Waals surface area (Å²) in [6, 6.07) is 7.81. The van der Waals surface area contributed by atoms with Gasteiger partial charge >= 0.3 is 0 Å². The van der Waals surface area contributed by atoms with Crippen molar-refractivity contribution in [3.05, 3.63) is 51.8 Å². The van der Waals surface area contributed by atoms with Crippen LogP contribution in [0.15, 0.2) is 35.1 Å². The maximum absolute atomic E-state index is 12.3. The summed E-state index contributed by atoms with van der Waals surface area (Å²) in [6.45, 7) is 4.00. The van der Waals surface area contributed by atoms with Crippen molar-refractivity contribution in [1.29, 1.82) is 0 Å². The molecule has 0 atom stereocenters. The van der Waals surface area contributed by atoms with Crippen LogP contribution in [0.1, 0.15) is 31.5 Å². The van der Waals surface area contributed by atoms with Gasteiger partial charge < -0.3 is 4.57 Å². The summed E-state index contributed by atoms with van der Waals surface area (Å²) in [5.74, 6) is 0. The fourth-order valence-corrected chi connectivity index (χ4v) is 2.45. The molecule has 0 saturated carbocycles. The van der Waals surface area contributed by atoms with Gasteiger partial charge in [0, 0.05) is 23.7 Å². The molecule has 0 fully saturated rings. The molecule has 2 aromatic rings. The Morgan fingerprint density at radius 2 is 1.89 bits per heavy atom. The number of aryl methyl sites for hydroxylation is 1. The van der Waals surface area contributed by atoms with Gasteiger partial charge in [0.05, 0.1) is 5.52 Å². The van der Waals surface area contributed by atoms with Crippen LogP contribution in [0.25, 0.3) is 17.0 Å². The SMILES string of the molecule is CC.Cn1c2c(c(=O)c3ccccc31)CCC=C2. The Morgan fingerprint density at radius 1 is 1.17 bits per heavy atom. The topological polar surface area (TPSA) is 22.0 Å². The molecular weight excluding hydrogens is 222 g/mol. The molecule has 18 heavy (non-hydrogen) atoms. The summed E-state index contributed by atoms with van der Waals surface area (Å²) in [5.41, 5.74) is 3.24. The molecule has 0 amide bonds. The smallest absolute Gasteiger partial charge is 0.193 e. The molecule has 1 aromatic heterocycles. The number of para-hydroxylation sites is 1. The van der Waals surface area contributed by atoms with Crippen LogP contribution >= 0.6 is 0 Å². The monoisotopic (exact) mass is 241 g/mol. The number of hydrogen-bond acceptors (Lipinski definition) is 1. The van der Waals surface area contributed by atoms with Crippen molar-refractivity contribution in [2.45, 2.75) is 26.7 Å². The van der Waals surface area contributed by atoms with E-state index in [0.717, 1.165) is 35.0 Å². The second kappa shape index (κ2) is 5.21. The molecule has 0 radical (unpaired) electrons. The molecule has 94 valence electrons. The minimum absolute atomic E-state index is 0.202. The lowest BCUT2D eigenvalue weighted by Gasteiger charge is -2.16. The zero-order chi connectivity index (χ0) is 13.1. The molecule has 0 unspecified atom stereocenters. The predicted molar refractivity (Wildman–Crippen MR) is 77.9 cm³/mol. The predicted octanol–water partition coefficient (Wildman–Crippen LogP) is 3.52. The van der Waals surface area contributed by atoms with Crippen LogP contribution in [0.4, 0.5) is 0 Å². The Bertz CT molecular complexity index is 650. The summed E-state index contributed by atoms with van der Waals surface area (Å²) in [6.07, 6.45) is 6.03. The van der Waals surface area contributed by atoms with Crippen molar-refractivity contribution in [2.75, 3.05) is 0 Å². The number of hydrogen-bond donors (Lipinski definition) is 0. The Balaban J connectivity index is 0.000000574. The molecule has 0 aliphatic heterocycles. The lowest BCUT2D eigenvalue weighted by atomic mass is 9.99. The molecule has 0 N–H and O–H groups in total. The number of nitrogens with zero attached hydrogens (tertiary/aromatic N) is 1. The lowest BCUT2D eigenvalue weighted by molar-refractivity contribution is 0.870. The van der Waals surface area contributed by atoms with Gasteiger partial charge in [-0.3, -0.25) is 4.79 Å². The summed E-state index contributed by atoms with van der Waals surface area (Å²) < 4.78 is 2.11. The van der Waals surface area contributed by atoms with Crippen LogP contribution in [-0.2, 0) is 13.5 Å². The number of benzene rings is 1. The molecular formula is C16H19NO. The highest BCUT2D eigenvalue weighted by Gasteiger charge is 2.14. The molecule has 1 heterocycles. The third-order valence-electron chi connectivity index (χ3n) is 3.29. The van der Waals surface area contributed by atoms with E-state index in [2.05, 4.69) is 16.7 Å². The molecule has 2 nitrogen and oxygen atoms in total. The molecule has 3 rings (SSSR count). The van der Waals surface area contributed by atoms with E-state index in [1.54, 1.807) is 0 Å². The van der Waals surface area contributed by atoms with Gasteiger partial charge in [0.1, 0.15) is 0 Å². The van der Waals surface area contributed by atoms with Gasteiger partial charge in [0.2, 0.25) is 0 Å². The Labute approximate surface area is 108 Å². The highest BCUT2D eigenvalue weighted by atomic mass is 16.1. The van der Waals surface area contributed by atoms with Gasteiger partial charge in [-0.05, 0) is 31.1 Å². The maximum atomic E-state index is 12.3. The van der Waals surface area contributed by atoms with E-state index in [9.17, 15) is 4.79 Å². The maximum Gasteiger partial charge on any atom is 0.193 e. The average Bonchev–Trinajstić information content (AvgIpc) is 2.47. The van der Waals surface area contributed by atoms with Crippen molar-refractivity contribution in [2.24, 2.45) is 7.05 Å². The first-order chi connectivity index (χ1) is 8.79. The van der Waals surface area contributed by atoms with Crippen molar-refractivity contribution in [3.63, 3.8) is 0 Å². The van der Waals surface area contributed by atoms with Crippen LogP contribution in [0.5, 0.6) is 0 Å². The number of allylic oxidation sites excluding steroid dienone is 1. The highest BCUT2D eigenvalue weighted by Crippen LogP contribution is 2.20. The standard InChI is InChI=1S/C14H13NO.C2H6/c1-15-12-8-4-2-6-10(12)14(16)11-7-3-5-9-13(11)15;1-2/h2,4-6,8-9H,3,7H2,1H3;1-2H3. The van der Waals surface area contributed by atoms with Crippen LogP contribution in [0.3, 0.4) is 0 Å². The van der Waals surface area contributed by atoms with E-state index in [-0.39, 0.29) is 5.43 Å². The third kappa shape index (κ3) is 1.88. The average molecular weight is 241 g/mol. The van der Waals surface area contributed by atoms with Gasteiger partial charge in [0.15, 0.2) is 5.43 Å². The largest absolute Gasteiger partial charge is 0.344 e. The van der Waals surface area contributed by atoms with Gasteiger partial charge in [-0.15, -0.1) is 0 Å². The number of aromatic nitrogens is 1. The van der Waals surface area contributed by atoms with E-state index >= 15 is 0 Å². The van der Waals surface area contributed by atoms with Crippen molar-refractivity contribution in [1.82, 2.24) is 4.57 Å². The minimum Gasteiger partial charge on any atom is -0.344 e. The summed E-state index contributed by atoms with van der Waals surface area (Å²) in [5, 5.41) is 0.832. The molecule has 1 aliphatic rings. The fraction of sp³-hybridized carbons (Fsp3) is 0.312. The van der Waals surface area contributed by atoms with Crippen LogP contribution in [0, 0.1) is 0 Å². The second-order valence-electron chi connectivity index (χ2n) is 4.21. The zero-order valence-electron chi connectivity index (χ0n) is 11.2. The van der Waals surface area contributed by atoms with E-state index in [4.69, 9.17) is 0 Å². The van der Waals surface area contributed by atoms with Gasteiger partial charge in [0.25, 0.3) is 0 Å². The normalized spacial score (nSPS) is 12.8. The number of pyridine rings is 1. The van der Waals surface area contributed by atoms with E-state index < -0.39 is 0 Å². The van der Waals surface area contributed by atoms with Gasteiger partial charge in [-0.25, -0.2) is 0 Å². The summed E-state index contributed by atoms with van der Waals surface area (Å²) in [4.78, 5) is 12.3. The molecule has 0 spiro atoms. The Morgan fingerprint density at radius 3 is 2.67 bits per heavy atom. The Kier molecular flexibility index (Phi) is 3.66. The molecule has 0 saturated heterocycles. The third-order valence-corrected chi connectivity index (χ3v) is 3.29. The zero-order valence-corrected chi connectivity index (χ0v) is 11.2. The van der Waals surface area contributed by atoms with Crippen LogP contribution < -0.4 is 5.43 Å². The second-order valence-corrected chi connectivity index (χ2v) is 4.21. The van der Waals surface area contributed by atoms with E-state index in [0.29, 0.717) is 0 Å². The molecule has 2 heteroatoms. The molecule has 0 bridgehead atoms. The van der Waals surface area contributed by atoms with E-state index in [1.165, 1.54) is 0 Å². The number of rotatable bonds is 0.